The maximum absolute atomic E-state index is 11.4. The van der Waals surface area contributed by atoms with Crippen LogP contribution in [0.5, 0.6) is 0 Å². The van der Waals surface area contributed by atoms with E-state index in [-0.39, 0.29) is 23.3 Å². The molecule has 3 atom stereocenters. The Labute approximate surface area is 126 Å². The van der Waals surface area contributed by atoms with Gasteiger partial charge in [-0.2, -0.15) is 0 Å². The van der Waals surface area contributed by atoms with Crippen molar-refractivity contribution in [3.63, 3.8) is 0 Å². The molecule has 0 amide bonds. The van der Waals surface area contributed by atoms with Gasteiger partial charge in [-0.25, -0.2) is 4.98 Å². The number of nitrogens with zero attached hydrogens (tertiary/aromatic N) is 2. The molecule has 3 unspecified atom stereocenters. The molecule has 0 bridgehead atoms. The summed E-state index contributed by atoms with van der Waals surface area (Å²) in [7, 11) is 0. The summed E-state index contributed by atoms with van der Waals surface area (Å²) < 4.78 is 0. The van der Waals surface area contributed by atoms with Gasteiger partial charge in [-0.3, -0.25) is 9.78 Å². The molecule has 1 aromatic heterocycles. The highest BCUT2D eigenvalue weighted by Gasteiger charge is 2.46. The number of hydrogen-bond acceptors (Lipinski definition) is 4. The number of aryl methyl sites for hydroxylation is 2. The summed E-state index contributed by atoms with van der Waals surface area (Å²) >= 11 is 0. The zero-order valence-corrected chi connectivity index (χ0v) is 13.5. The molecule has 1 aliphatic carbocycles. The highest BCUT2D eigenvalue weighted by molar-refractivity contribution is 5.71. The van der Waals surface area contributed by atoms with E-state index < -0.39 is 5.97 Å². The maximum atomic E-state index is 11.4. The molecule has 0 radical (unpaired) electrons. The second-order valence-corrected chi connectivity index (χ2v) is 6.76. The number of carboxylic acids is 1. The molecular formula is C16H25N3O2. The van der Waals surface area contributed by atoms with Gasteiger partial charge in [0.25, 0.3) is 0 Å². The third-order valence-electron chi connectivity index (χ3n) is 5.27. The van der Waals surface area contributed by atoms with Crippen molar-refractivity contribution in [2.45, 2.75) is 53.5 Å². The molecule has 5 heteroatoms. The number of anilines is 1. The van der Waals surface area contributed by atoms with Crippen molar-refractivity contribution in [3.05, 3.63) is 17.6 Å². The standard InChI is InChI=1S/C16H25N3O2/c1-9-13(7-6-12(15(20)21)16(9,4)5)19-14-8-17-10(2)11(3)18-14/h8-9,12-13H,6-7H2,1-5H3,(H,18,19)(H,20,21). The molecule has 1 fully saturated rings. The van der Waals surface area contributed by atoms with Crippen LogP contribution in [-0.4, -0.2) is 27.1 Å². The molecule has 2 N–H and O–H groups in total. The smallest absolute Gasteiger partial charge is 0.307 e. The van der Waals surface area contributed by atoms with Crippen LogP contribution >= 0.6 is 0 Å². The van der Waals surface area contributed by atoms with E-state index in [1.54, 1.807) is 6.20 Å². The Morgan fingerprint density at radius 1 is 1.33 bits per heavy atom. The van der Waals surface area contributed by atoms with E-state index in [1.807, 2.05) is 13.8 Å². The van der Waals surface area contributed by atoms with Gasteiger partial charge in [-0.05, 0) is 38.0 Å². The Morgan fingerprint density at radius 2 is 2.00 bits per heavy atom. The summed E-state index contributed by atoms with van der Waals surface area (Å²) in [5, 5.41) is 12.8. The second kappa shape index (κ2) is 5.62. The van der Waals surface area contributed by atoms with Gasteiger partial charge < -0.3 is 10.4 Å². The Bertz CT molecular complexity index is 542. The lowest BCUT2D eigenvalue weighted by Gasteiger charge is -2.46. The first-order valence-electron chi connectivity index (χ1n) is 7.53. The highest BCUT2D eigenvalue weighted by atomic mass is 16.4. The van der Waals surface area contributed by atoms with Gasteiger partial charge in [-0.1, -0.05) is 20.8 Å². The fraction of sp³-hybridized carbons (Fsp3) is 0.688. The van der Waals surface area contributed by atoms with Crippen molar-refractivity contribution in [3.8, 4) is 0 Å². The molecule has 2 rings (SSSR count). The van der Waals surface area contributed by atoms with E-state index >= 15 is 0 Å². The van der Waals surface area contributed by atoms with Gasteiger partial charge in [-0.15, -0.1) is 0 Å². The summed E-state index contributed by atoms with van der Waals surface area (Å²) in [5.74, 6) is 0.0583. The number of nitrogens with one attached hydrogen (secondary N) is 1. The molecule has 21 heavy (non-hydrogen) atoms. The lowest BCUT2D eigenvalue weighted by Crippen LogP contribution is -2.48. The monoisotopic (exact) mass is 291 g/mol. The molecule has 1 heterocycles. The van der Waals surface area contributed by atoms with Crippen LogP contribution in [-0.2, 0) is 4.79 Å². The average molecular weight is 291 g/mol. The van der Waals surface area contributed by atoms with Crippen molar-refractivity contribution < 1.29 is 9.90 Å². The third-order valence-corrected chi connectivity index (χ3v) is 5.27. The van der Waals surface area contributed by atoms with Crippen molar-refractivity contribution >= 4 is 11.8 Å². The second-order valence-electron chi connectivity index (χ2n) is 6.76. The normalized spacial score (nSPS) is 28.1. The van der Waals surface area contributed by atoms with Crippen LogP contribution in [0.4, 0.5) is 5.82 Å². The van der Waals surface area contributed by atoms with Crippen LogP contribution in [0, 0.1) is 31.1 Å². The predicted molar refractivity (Wildman–Crippen MR) is 82.2 cm³/mol. The fourth-order valence-corrected chi connectivity index (χ4v) is 3.24. The Hall–Kier alpha value is -1.65. The van der Waals surface area contributed by atoms with Gasteiger partial charge in [0, 0.05) is 6.04 Å². The van der Waals surface area contributed by atoms with Crippen LogP contribution in [0.1, 0.15) is 45.0 Å². The van der Waals surface area contributed by atoms with Crippen molar-refractivity contribution in [2.75, 3.05) is 5.32 Å². The Morgan fingerprint density at radius 3 is 2.57 bits per heavy atom. The molecule has 116 valence electrons. The number of carbonyl (C=O) groups is 1. The summed E-state index contributed by atoms with van der Waals surface area (Å²) in [6, 6.07) is 0.229. The van der Waals surface area contributed by atoms with Crippen molar-refractivity contribution in [1.29, 1.82) is 0 Å². The molecule has 0 spiro atoms. The highest BCUT2D eigenvalue weighted by Crippen LogP contribution is 2.45. The number of aromatic nitrogens is 2. The Balaban J connectivity index is 2.15. The summed E-state index contributed by atoms with van der Waals surface area (Å²) in [6.07, 6.45) is 3.30. The maximum Gasteiger partial charge on any atom is 0.307 e. The van der Waals surface area contributed by atoms with Gasteiger partial charge >= 0.3 is 5.97 Å². The lowest BCUT2D eigenvalue weighted by atomic mass is 9.61. The van der Waals surface area contributed by atoms with Crippen LogP contribution < -0.4 is 5.32 Å². The van der Waals surface area contributed by atoms with Gasteiger partial charge in [0.05, 0.1) is 23.5 Å². The zero-order chi connectivity index (χ0) is 15.8. The van der Waals surface area contributed by atoms with E-state index in [4.69, 9.17) is 0 Å². The SMILES string of the molecule is Cc1ncc(NC2CCC(C(=O)O)C(C)(C)C2C)nc1C. The Kier molecular flexibility index (Phi) is 4.21. The molecular weight excluding hydrogens is 266 g/mol. The number of rotatable bonds is 3. The van der Waals surface area contributed by atoms with Crippen LogP contribution in [0.25, 0.3) is 0 Å². The quantitative estimate of drug-likeness (QED) is 0.895. The molecule has 1 aliphatic rings. The molecule has 5 nitrogen and oxygen atoms in total. The summed E-state index contributed by atoms with van der Waals surface area (Å²) in [6.45, 7) is 10.1. The first-order valence-corrected chi connectivity index (χ1v) is 7.53. The van der Waals surface area contributed by atoms with Gasteiger partial charge in [0.15, 0.2) is 0 Å². The minimum Gasteiger partial charge on any atom is -0.481 e. The van der Waals surface area contributed by atoms with E-state index in [2.05, 4.69) is 36.1 Å². The van der Waals surface area contributed by atoms with E-state index in [0.29, 0.717) is 6.42 Å². The van der Waals surface area contributed by atoms with Crippen LogP contribution in [0.3, 0.4) is 0 Å². The van der Waals surface area contributed by atoms with E-state index in [9.17, 15) is 9.90 Å². The zero-order valence-electron chi connectivity index (χ0n) is 13.5. The lowest BCUT2D eigenvalue weighted by molar-refractivity contribution is -0.149. The molecule has 1 saturated carbocycles. The summed E-state index contributed by atoms with van der Waals surface area (Å²) in [5.41, 5.74) is 1.62. The van der Waals surface area contributed by atoms with Crippen molar-refractivity contribution in [1.82, 2.24) is 9.97 Å². The van der Waals surface area contributed by atoms with Gasteiger partial charge in [0.2, 0.25) is 0 Å². The van der Waals surface area contributed by atoms with Crippen LogP contribution in [0.15, 0.2) is 6.20 Å². The largest absolute Gasteiger partial charge is 0.481 e. The third kappa shape index (κ3) is 3.01. The van der Waals surface area contributed by atoms with Crippen LogP contribution in [0.2, 0.25) is 0 Å². The first kappa shape index (κ1) is 15.7. The number of carboxylic acid groups (broad SMARTS) is 1. The van der Waals surface area contributed by atoms with E-state index in [1.165, 1.54) is 0 Å². The average Bonchev–Trinajstić information content (AvgIpc) is 2.39. The summed E-state index contributed by atoms with van der Waals surface area (Å²) in [4.78, 5) is 20.3. The minimum atomic E-state index is -0.684. The molecule has 1 aromatic rings. The van der Waals surface area contributed by atoms with Gasteiger partial charge in [0.1, 0.15) is 5.82 Å². The predicted octanol–water partition coefficient (Wildman–Crippen LogP) is 3.03. The van der Waals surface area contributed by atoms with Crippen molar-refractivity contribution in [2.24, 2.45) is 17.3 Å². The molecule has 0 aliphatic heterocycles. The molecule has 0 saturated heterocycles. The first-order chi connectivity index (χ1) is 9.73. The number of aliphatic carboxylic acids is 1. The van der Waals surface area contributed by atoms with E-state index in [0.717, 1.165) is 23.6 Å². The minimum absolute atomic E-state index is 0.229. The fourth-order valence-electron chi connectivity index (χ4n) is 3.24. The topological polar surface area (TPSA) is 75.1 Å². The molecule has 0 aromatic carbocycles. The number of hydrogen-bond donors (Lipinski definition) is 2.